The van der Waals surface area contributed by atoms with Gasteiger partial charge in [0.2, 0.25) is 23.6 Å². The molecule has 0 fully saturated rings. The van der Waals surface area contributed by atoms with Gasteiger partial charge in [-0.15, -0.1) is 0 Å². The highest BCUT2D eigenvalue weighted by Crippen LogP contribution is 2.20. The maximum absolute atomic E-state index is 13.8. The van der Waals surface area contributed by atoms with E-state index in [0.717, 1.165) is 10.9 Å². The van der Waals surface area contributed by atoms with Crippen LogP contribution < -0.4 is 27.0 Å². The molecular formula is C32H40N6O10S. The van der Waals surface area contributed by atoms with Crippen molar-refractivity contribution in [3.8, 4) is 5.75 Å². The fraction of sp³-hybridized carbons (Fsp3) is 0.375. The number of aromatic amines is 1. The number of benzene rings is 2. The number of aromatic nitrogens is 1. The number of aromatic hydroxyl groups is 1. The topological polar surface area (TPSA) is 273 Å². The molecule has 264 valence electrons. The first-order chi connectivity index (χ1) is 23.2. The number of aliphatic hydroxyl groups excluding tert-OH is 1. The van der Waals surface area contributed by atoms with Crippen LogP contribution >= 0.6 is 12.6 Å². The summed E-state index contributed by atoms with van der Waals surface area (Å²) in [7, 11) is 0. The number of rotatable bonds is 18. The zero-order chi connectivity index (χ0) is 36.2. The lowest BCUT2D eigenvalue weighted by molar-refractivity contribution is -0.141. The molecule has 0 aliphatic carbocycles. The highest BCUT2D eigenvalue weighted by molar-refractivity contribution is 7.80. The van der Waals surface area contributed by atoms with Crippen LogP contribution in [0.1, 0.15) is 30.9 Å². The number of fused-ring (bicyclic) bond motifs is 1. The quantitative estimate of drug-likeness (QED) is 0.0730. The minimum Gasteiger partial charge on any atom is -0.508 e. The number of hydrogen-bond acceptors (Lipinski definition) is 10. The number of carbonyl (C=O) groups excluding carboxylic acids is 4. The maximum Gasteiger partial charge on any atom is 0.327 e. The monoisotopic (exact) mass is 700 g/mol. The standard InChI is InChI=1S/C32H40N6O10S/c1-16(39)27(33)31(46)37-24(13-18-14-34-21-5-3-2-4-20(18)21)30(45)35-22(10-11-26(41)42)28(43)36-23(12-17-6-8-19(40)9-7-17)29(44)38-25(15-49)32(47)48/h2-9,14,16,22-25,27,34,39-40,49H,10-13,15,33H2,1H3,(H,35,45)(H,36,43)(H,37,46)(H,38,44)(H,41,42)(H,47,48)/t16-,22+,23+,24+,25+,27+/m1/s1. The van der Waals surface area contributed by atoms with Gasteiger partial charge in [0.15, 0.2) is 0 Å². The Hall–Kier alpha value is -5.13. The third kappa shape index (κ3) is 11.2. The molecule has 0 saturated carbocycles. The number of phenolic OH excluding ortho intramolecular Hbond substituents is 1. The van der Waals surface area contributed by atoms with Gasteiger partial charge < -0.3 is 52.4 Å². The SMILES string of the molecule is C[C@@H](O)[C@H](N)C(=O)N[C@@H](Cc1c[nH]c2ccccc12)C(=O)N[C@@H](CCC(=O)O)C(=O)N[C@@H](Cc1ccc(O)cc1)C(=O)N[C@@H](CS)C(=O)O. The van der Waals surface area contributed by atoms with Crippen molar-refractivity contribution in [3.63, 3.8) is 0 Å². The van der Waals surface area contributed by atoms with Crippen LogP contribution in [0.25, 0.3) is 10.9 Å². The minimum absolute atomic E-state index is 0.0602. The maximum atomic E-state index is 13.8. The molecule has 3 aromatic rings. The van der Waals surface area contributed by atoms with E-state index in [9.17, 15) is 49.2 Å². The molecule has 1 heterocycles. The first kappa shape index (κ1) is 38.3. The molecule has 0 saturated heterocycles. The van der Waals surface area contributed by atoms with Gasteiger partial charge >= 0.3 is 11.9 Å². The number of aliphatic carboxylic acids is 2. The van der Waals surface area contributed by atoms with Gasteiger partial charge in [-0.05, 0) is 42.7 Å². The lowest BCUT2D eigenvalue weighted by atomic mass is 10.0. The molecule has 2 aromatic carbocycles. The van der Waals surface area contributed by atoms with Gasteiger partial charge in [0.1, 0.15) is 36.0 Å². The first-order valence-corrected chi connectivity index (χ1v) is 15.9. The van der Waals surface area contributed by atoms with Crippen molar-refractivity contribution < 1.29 is 49.2 Å². The Morgan fingerprint density at radius 1 is 0.796 bits per heavy atom. The summed E-state index contributed by atoms with van der Waals surface area (Å²) in [6.07, 6.45) is -0.871. The third-order valence-electron chi connectivity index (χ3n) is 7.64. The van der Waals surface area contributed by atoms with Crippen molar-refractivity contribution in [2.24, 2.45) is 5.73 Å². The van der Waals surface area contributed by atoms with E-state index >= 15 is 0 Å². The Morgan fingerprint density at radius 3 is 1.94 bits per heavy atom. The van der Waals surface area contributed by atoms with E-state index < -0.39 is 84.7 Å². The van der Waals surface area contributed by atoms with Gasteiger partial charge in [0, 0.05) is 42.1 Å². The van der Waals surface area contributed by atoms with E-state index in [1.165, 1.54) is 31.2 Å². The van der Waals surface area contributed by atoms with E-state index in [1.807, 2.05) is 6.07 Å². The number of para-hydroxylation sites is 1. The van der Waals surface area contributed by atoms with Crippen LogP contribution in [0.2, 0.25) is 0 Å². The van der Waals surface area contributed by atoms with Gasteiger partial charge in [-0.3, -0.25) is 24.0 Å². The van der Waals surface area contributed by atoms with E-state index in [0.29, 0.717) is 11.1 Å². The molecule has 49 heavy (non-hydrogen) atoms. The molecule has 16 nitrogen and oxygen atoms in total. The molecule has 0 spiro atoms. The number of aliphatic hydroxyl groups is 1. The van der Waals surface area contributed by atoms with Crippen LogP contribution in [-0.2, 0) is 41.6 Å². The number of carbonyl (C=O) groups is 6. The number of hydrogen-bond donors (Lipinski definition) is 11. The smallest absolute Gasteiger partial charge is 0.327 e. The number of H-pyrrole nitrogens is 1. The number of thiol groups is 1. The molecule has 0 radical (unpaired) electrons. The van der Waals surface area contributed by atoms with Crippen LogP contribution in [-0.4, -0.2) is 103 Å². The molecule has 0 aliphatic heterocycles. The van der Waals surface area contributed by atoms with Gasteiger partial charge in [-0.25, -0.2) is 4.79 Å². The second kappa shape index (κ2) is 17.9. The summed E-state index contributed by atoms with van der Waals surface area (Å²) < 4.78 is 0. The molecule has 1 aromatic heterocycles. The van der Waals surface area contributed by atoms with Gasteiger partial charge in [-0.1, -0.05) is 30.3 Å². The van der Waals surface area contributed by atoms with Crippen molar-refractivity contribution in [3.05, 3.63) is 65.9 Å². The summed E-state index contributed by atoms with van der Waals surface area (Å²) in [6.45, 7) is 1.30. The van der Waals surface area contributed by atoms with E-state index in [2.05, 4.69) is 38.9 Å². The fourth-order valence-electron chi connectivity index (χ4n) is 4.83. The Kier molecular flexibility index (Phi) is 14.0. The molecule has 17 heteroatoms. The molecule has 0 bridgehead atoms. The highest BCUT2D eigenvalue weighted by atomic mass is 32.1. The van der Waals surface area contributed by atoms with E-state index in [4.69, 9.17) is 5.73 Å². The van der Waals surface area contributed by atoms with Crippen LogP contribution in [0.3, 0.4) is 0 Å². The van der Waals surface area contributed by atoms with Crippen molar-refractivity contribution in [1.29, 1.82) is 0 Å². The molecule has 0 unspecified atom stereocenters. The number of carboxylic acid groups (broad SMARTS) is 2. The summed E-state index contributed by atoms with van der Waals surface area (Å²) in [4.78, 5) is 79.6. The summed E-state index contributed by atoms with van der Waals surface area (Å²) in [5.41, 5.74) is 7.64. The van der Waals surface area contributed by atoms with Gasteiger partial charge in [0.25, 0.3) is 0 Å². The van der Waals surface area contributed by atoms with Crippen molar-refractivity contribution in [2.75, 3.05) is 5.75 Å². The minimum atomic E-state index is -1.54. The van der Waals surface area contributed by atoms with E-state index in [1.54, 1.807) is 24.4 Å². The van der Waals surface area contributed by atoms with Gasteiger partial charge in [-0.2, -0.15) is 12.6 Å². The number of phenols is 1. The van der Waals surface area contributed by atoms with Crippen LogP contribution in [0, 0.1) is 0 Å². The number of nitrogens with one attached hydrogen (secondary N) is 5. The zero-order valence-corrected chi connectivity index (χ0v) is 27.4. The van der Waals surface area contributed by atoms with Crippen LogP contribution in [0.4, 0.5) is 0 Å². The molecular weight excluding hydrogens is 660 g/mol. The molecule has 0 aliphatic rings. The molecule has 4 amide bonds. The summed E-state index contributed by atoms with van der Waals surface area (Å²) >= 11 is 3.95. The third-order valence-corrected chi connectivity index (χ3v) is 8.01. The molecule has 3 rings (SSSR count). The van der Waals surface area contributed by atoms with Crippen LogP contribution in [0.15, 0.2) is 54.7 Å². The lowest BCUT2D eigenvalue weighted by Gasteiger charge is -2.26. The van der Waals surface area contributed by atoms with Crippen molar-refractivity contribution in [1.82, 2.24) is 26.3 Å². The Morgan fingerprint density at radius 2 is 1.35 bits per heavy atom. The summed E-state index contributed by atoms with van der Waals surface area (Å²) in [5.74, 6) is -6.59. The predicted molar refractivity (Wildman–Crippen MR) is 180 cm³/mol. The van der Waals surface area contributed by atoms with Crippen molar-refractivity contribution >= 4 is 59.1 Å². The predicted octanol–water partition coefficient (Wildman–Crippen LogP) is -0.815. The summed E-state index contributed by atoms with van der Waals surface area (Å²) in [5, 5.41) is 48.8. The second-order valence-electron chi connectivity index (χ2n) is 11.4. The average molecular weight is 701 g/mol. The zero-order valence-electron chi connectivity index (χ0n) is 26.5. The number of carboxylic acids is 2. The largest absolute Gasteiger partial charge is 0.508 e. The Balaban J connectivity index is 1.91. The highest BCUT2D eigenvalue weighted by Gasteiger charge is 2.33. The van der Waals surface area contributed by atoms with Gasteiger partial charge in [0.05, 0.1) is 6.10 Å². The average Bonchev–Trinajstić information content (AvgIpc) is 3.47. The normalized spacial score (nSPS) is 14.8. The van der Waals surface area contributed by atoms with Crippen LogP contribution in [0.5, 0.6) is 5.75 Å². The molecule has 6 atom stereocenters. The Labute approximate surface area is 286 Å². The first-order valence-electron chi connectivity index (χ1n) is 15.2. The summed E-state index contributed by atoms with van der Waals surface area (Å²) in [6, 6.07) is 5.76. The Bertz CT molecular complexity index is 1650. The second-order valence-corrected chi connectivity index (χ2v) is 11.8. The molecule has 11 N–H and O–H groups in total. The lowest BCUT2D eigenvalue weighted by Crippen LogP contribution is -2.59. The fourth-order valence-corrected chi connectivity index (χ4v) is 5.08. The van der Waals surface area contributed by atoms with E-state index in [-0.39, 0.29) is 24.3 Å². The van der Waals surface area contributed by atoms with Crippen molar-refractivity contribution in [2.45, 2.75) is 68.9 Å². The number of nitrogens with two attached hydrogens (primary N) is 1. The number of amides is 4.